The maximum atomic E-state index is 5.98. The predicted octanol–water partition coefficient (Wildman–Crippen LogP) is 6.17. The number of anilines is 2. The van der Waals surface area contributed by atoms with Crippen molar-refractivity contribution < 1.29 is 0 Å². The van der Waals surface area contributed by atoms with Crippen LogP contribution in [-0.2, 0) is 0 Å². The van der Waals surface area contributed by atoms with E-state index in [-0.39, 0.29) is 0 Å². The molecule has 0 aliphatic rings. The second kappa shape index (κ2) is 8.60. The van der Waals surface area contributed by atoms with Crippen LogP contribution in [0.1, 0.15) is 0 Å². The van der Waals surface area contributed by atoms with Crippen LogP contribution in [0.5, 0.6) is 0 Å². The standard InChI is InChI=1S/C18H12Cl2N6S3/c19-10-1-5-12(6-2-10)21-16(27)23-17-22-14(9-29-17)15-24-25-18(28)26(15)13-7-3-11(20)4-8-13/h1-9H,(H,25,28)(H2,21,22,23,27). The van der Waals surface area contributed by atoms with Gasteiger partial charge in [0.2, 0.25) is 0 Å². The lowest BCUT2D eigenvalue weighted by molar-refractivity contribution is 1.03. The van der Waals surface area contributed by atoms with Crippen molar-refractivity contribution in [2.45, 2.75) is 0 Å². The summed E-state index contributed by atoms with van der Waals surface area (Å²) in [5.74, 6) is 0.596. The Morgan fingerprint density at radius 2 is 1.66 bits per heavy atom. The fourth-order valence-corrected chi connectivity index (χ4v) is 3.99. The zero-order valence-electron chi connectivity index (χ0n) is 14.5. The number of hydrogen-bond donors (Lipinski definition) is 3. The zero-order valence-corrected chi connectivity index (χ0v) is 18.5. The van der Waals surface area contributed by atoms with Gasteiger partial charge in [0.25, 0.3) is 0 Å². The van der Waals surface area contributed by atoms with E-state index in [2.05, 4.69) is 25.8 Å². The summed E-state index contributed by atoms with van der Waals surface area (Å²) in [6, 6.07) is 14.6. The molecule has 2 aromatic carbocycles. The fourth-order valence-electron chi connectivity index (χ4n) is 2.53. The molecule has 0 amide bonds. The first kappa shape index (κ1) is 20.0. The molecule has 4 rings (SSSR count). The lowest BCUT2D eigenvalue weighted by atomic mass is 10.3. The Labute approximate surface area is 190 Å². The molecule has 2 aromatic heterocycles. The summed E-state index contributed by atoms with van der Waals surface area (Å²) in [5, 5.41) is 17.5. The number of aromatic nitrogens is 4. The molecule has 0 aliphatic carbocycles. The van der Waals surface area contributed by atoms with E-state index in [0.29, 0.717) is 36.6 Å². The van der Waals surface area contributed by atoms with E-state index in [4.69, 9.17) is 47.6 Å². The summed E-state index contributed by atoms with van der Waals surface area (Å²) in [6.45, 7) is 0. The van der Waals surface area contributed by atoms with E-state index in [1.54, 1.807) is 28.8 Å². The summed E-state index contributed by atoms with van der Waals surface area (Å²) in [7, 11) is 0. The van der Waals surface area contributed by atoms with Crippen LogP contribution in [0, 0.1) is 4.77 Å². The van der Waals surface area contributed by atoms with Crippen LogP contribution in [0.4, 0.5) is 10.8 Å². The number of H-pyrrole nitrogens is 1. The third-order valence-corrected chi connectivity index (χ3v) is 5.55. The molecule has 0 atom stereocenters. The van der Waals surface area contributed by atoms with Gasteiger partial charge in [0, 0.05) is 21.1 Å². The van der Waals surface area contributed by atoms with Gasteiger partial charge in [0.15, 0.2) is 20.8 Å². The molecule has 29 heavy (non-hydrogen) atoms. The molecular weight excluding hydrogens is 467 g/mol. The molecule has 146 valence electrons. The average Bonchev–Trinajstić information content (AvgIpc) is 3.31. The van der Waals surface area contributed by atoms with Crippen molar-refractivity contribution in [3.63, 3.8) is 0 Å². The molecule has 3 N–H and O–H groups in total. The number of halogens is 2. The minimum absolute atomic E-state index is 0.421. The van der Waals surface area contributed by atoms with E-state index in [0.717, 1.165) is 11.4 Å². The number of aromatic amines is 1. The molecule has 0 saturated heterocycles. The summed E-state index contributed by atoms with van der Waals surface area (Å²) >= 11 is 24.0. The van der Waals surface area contributed by atoms with Crippen LogP contribution >= 0.6 is 59.0 Å². The first-order valence-electron chi connectivity index (χ1n) is 8.22. The lowest BCUT2D eigenvalue weighted by Crippen LogP contribution is -2.18. The second-order valence-corrected chi connectivity index (χ2v) is 8.31. The molecule has 0 spiro atoms. The molecule has 0 fully saturated rings. The van der Waals surface area contributed by atoms with Gasteiger partial charge < -0.3 is 10.6 Å². The number of benzene rings is 2. The van der Waals surface area contributed by atoms with E-state index in [1.807, 2.05) is 29.6 Å². The van der Waals surface area contributed by atoms with Crippen molar-refractivity contribution in [2.24, 2.45) is 0 Å². The number of nitrogens with zero attached hydrogens (tertiary/aromatic N) is 3. The van der Waals surface area contributed by atoms with Crippen LogP contribution in [0.25, 0.3) is 17.2 Å². The quantitative estimate of drug-likeness (QED) is 0.304. The van der Waals surface area contributed by atoms with Crippen LogP contribution in [0.15, 0.2) is 53.9 Å². The van der Waals surface area contributed by atoms with Gasteiger partial charge in [0.05, 0.1) is 5.69 Å². The van der Waals surface area contributed by atoms with Crippen LogP contribution in [0.3, 0.4) is 0 Å². The van der Waals surface area contributed by atoms with Crippen LogP contribution in [-0.4, -0.2) is 24.9 Å². The number of hydrogen-bond acceptors (Lipinski definition) is 5. The topological polar surface area (TPSA) is 70.6 Å². The van der Waals surface area contributed by atoms with Crippen molar-refractivity contribution in [2.75, 3.05) is 10.6 Å². The lowest BCUT2D eigenvalue weighted by Gasteiger charge is -2.08. The summed E-state index contributed by atoms with van der Waals surface area (Å²) in [4.78, 5) is 4.58. The van der Waals surface area contributed by atoms with Gasteiger partial charge in [-0.15, -0.1) is 11.3 Å². The largest absolute Gasteiger partial charge is 0.332 e. The van der Waals surface area contributed by atoms with Gasteiger partial charge in [-0.3, -0.25) is 9.67 Å². The van der Waals surface area contributed by atoms with E-state index >= 15 is 0 Å². The molecule has 0 aliphatic heterocycles. The van der Waals surface area contributed by atoms with Crippen LogP contribution < -0.4 is 10.6 Å². The molecule has 6 nitrogen and oxygen atoms in total. The SMILES string of the molecule is S=C(Nc1ccc(Cl)cc1)Nc1nc(-c2n[nH]c(=S)n2-c2ccc(Cl)cc2)cs1. The highest BCUT2D eigenvalue weighted by molar-refractivity contribution is 7.80. The monoisotopic (exact) mass is 478 g/mol. The molecular formula is C18H12Cl2N6S3. The van der Waals surface area contributed by atoms with Crippen molar-refractivity contribution in [3.8, 4) is 17.2 Å². The third-order valence-electron chi connectivity index (χ3n) is 3.81. The highest BCUT2D eigenvalue weighted by atomic mass is 35.5. The summed E-state index contributed by atoms with van der Waals surface area (Å²) in [6.07, 6.45) is 0. The van der Waals surface area contributed by atoms with E-state index in [1.165, 1.54) is 11.3 Å². The summed E-state index contributed by atoms with van der Waals surface area (Å²) in [5.41, 5.74) is 2.33. The normalized spacial score (nSPS) is 10.7. The molecule has 11 heteroatoms. The predicted molar refractivity (Wildman–Crippen MR) is 126 cm³/mol. The summed E-state index contributed by atoms with van der Waals surface area (Å²) < 4.78 is 2.26. The second-order valence-electron chi connectivity index (χ2n) is 5.79. The highest BCUT2D eigenvalue weighted by Gasteiger charge is 2.15. The zero-order chi connectivity index (χ0) is 20.4. The average molecular weight is 479 g/mol. The van der Waals surface area contributed by atoms with Crippen molar-refractivity contribution in [1.29, 1.82) is 0 Å². The van der Waals surface area contributed by atoms with Crippen molar-refractivity contribution in [1.82, 2.24) is 19.7 Å². The first-order chi connectivity index (χ1) is 14.0. The van der Waals surface area contributed by atoms with Gasteiger partial charge in [0.1, 0.15) is 5.69 Å². The maximum absolute atomic E-state index is 5.98. The minimum atomic E-state index is 0.421. The molecule has 0 saturated carbocycles. The van der Waals surface area contributed by atoms with Crippen molar-refractivity contribution in [3.05, 3.63) is 68.7 Å². The van der Waals surface area contributed by atoms with Gasteiger partial charge in [-0.1, -0.05) is 23.2 Å². The molecule has 0 unspecified atom stereocenters. The fraction of sp³-hybridized carbons (Fsp3) is 0. The maximum Gasteiger partial charge on any atom is 0.200 e. The van der Waals surface area contributed by atoms with Gasteiger partial charge in [-0.05, 0) is 73.0 Å². The third kappa shape index (κ3) is 4.65. The Morgan fingerprint density at radius 1 is 1.00 bits per heavy atom. The Hall–Kier alpha value is -2.30. The van der Waals surface area contributed by atoms with Crippen LogP contribution in [0.2, 0.25) is 10.0 Å². The number of thiocarbonyl (C=S) groups is 1. The Balaban J connectivity index is 1.54. The van der Waals surface area contributed by atoms with Gasteiger partial charge in [-0.2, -0.15) is 5.10 Å². The highest BCUT2D eigenvalue weighted by Crippen LogP contribution is 2.26. The Kier molecular flexibility index (Phi) is 5.93. The smallest absolute Gasteiger partial charge is 0.200 e. The number of rotatable bonds is 4. The number of nitrogens with one attached hydrogen (secondary N) is 3. The Bertz CT molecular complexity index is 1210. The Morgan fingerprint density at radius 3 is 2.34 bits per heavy atom. The molecule has 2 heterocycles. The van der Waals surface area contributed by atoms with E-state index in [9.17, 15) is 0 Å². The first-order valence-corrected chi connectivity index (χ1v) is 10.7. The van der Waals surface area contributed by atoms with E-state index < -0.39 is 0 Å². The molecule has 0 radical (unpaired) electrons. The molecule has 0 bridgehead atoms. The van der Waals surface area contributed by atoms with Crippen molar-refractivity contribution >= 4 is 74.9 Å². The van der Waals surface area contributed by atoms with Gasteiger partial charge >= 0.3 is 0 Å². The minimum Gasteiger partial charge on any atom is -0.332 e. The number of thiazole rings is 1. The van der Waals surface area contributed by atoms with Gasteiger partial charge in [-0.25, -0.2) is 4.98 Å². The molecule has 4 aromatic rings.